The lowest BCUT2D eigenvalue weighted by Crippen LogP contribution is -1.90. The summed E-state index contributed by atoms with van der Waals surface area (Å²) in [5, 5.41) is 20.1. The molecular formula is C79H78Cl3F2N21O2S. The van der Waals surface area contributed by atoms with Gasteiger partial charge in [0.15, 0.2) is 11.0 Å². The zero-order chi connectivity index (χ0) is 77.6. The first-order valence-electron chi connectivity index (χ1n) is 33.5. The van der Waals surface area contributed by atoms with Crippen LogP contribution in [-0.4, -0.2) is 116 Å². The molecule has 0 spiro atoms. The minimum Gasteiger partial charge on any atom is -0.477 e. The number of aromatic amines is 8. The predicted octanol–water partition coefficient (Wildman–Crippen LogP) is 19.6. The van der Waals surface area contributed by atoms with Crippen molar-refractivity contribution in [2.24, 2.45) is 0 Å². The molecule has 0 unspecified atom stereocenters. The molecule has 0 atom stereocenters. The molecule has 0 bridgehead atoms. The minimum atomic E-state index is -0.891. The van der Waals surface area contributed by atoms with E-state index < -0.39 is 17.9 Å². The lowest BCUT2D eigenvalue weighted by molar-refractivity contribution is 0.0702. The molecule has 108 heavy (non-hydrogen) atoms. The third-order valence-electron chi connectivity index (χ3n) is 15.4. The Morgan fingerprint density at radius 1 is 0.380 bits per heavy atom. The molecule has 23 nitrogen and oxygen atoms in total. The Labute approximate surface area is 641 Å². The van der Waals surface area contributed by atoms with Gasteiger partial charge in [-0.3, -0.25) is 15.0 Å². The Hall–Kier alpha value is -12.2. The summed E-state index contributed by atoms with van der Waals surface area (Å²) in [4.78, 5) is 80.1. The quantitative estimate of drug-likeness (QED) is 0.0648. The van der Waals surface area contributed by atoms with Gasteiger partial charge in [0.25, 0.3) is 0 Å². The maximum Gasteiger partial charge on any atom is 0.345 e. The predicted molar refractivity (Wildman–Crippen MR) is 423 cm³/mol. The molecule has 0 radical (unpaired) electrons. The maximum atomic E-state index is 13.0. The summed E-state index contributed by atoms with van der Waals surface area (Å²) in [6.07, 6.45) is 10.5. The van der Waals surface area contributed by atoms with Gasteiger partial charge in [0, 0.05) is 57.5 Å². The Morgan fingerprint density at radius 2 is 0.815 bits per heavy atom. The van der Waals surface area contributed by atoms with Crippen LogP contribution in [-0.2, 0) is 0 Å². The van der Waals surface area contributed by atoms with Crippen LogP contribution in [0.15, 0.2) is 182 Å². The second-order valence-electron chi connectivity index (χ2n) is 24.4. The number of aryl methyl sites for hydroxylation is 13. The van der Waals surface area contributed by atoms with Gasteiger partial charge in [-0.1, -0.05) is 136 Å². The Bertz CT molecular complexity index is 4970. The van der Waals surface area contributed by atoms with Crippen molar-refractivity contribution in [2.45, 2.75) is 90.0 Å². The molecule has 0 aliphatic rings. The van der Waals surface area contributed by atoms with E-state index in [2.05, 4.69) is 143 Å². The van der Waals surface area contributed by atoms with E-state index in [1.807, 2.05) is 172 Å². The fourth-order valence-corrected chi connectivity index (χ4v) is 10.8. The normalized spacial score (nSPS) is 10.4. The summed E-state index contributed by atoms with van der Waals surface area (Å²) < 4.78 is 25.9. The van der Waals surface area contributed by atoms with Crippen molar-refractivity contribution in [3.05, 3.63) is 288 Å². The summed E-state index contributed by atoms with van der Waals surface area (Å²) in [6.45, 7) is 24.6. The number of pyridine rings is 3. The standard InChI is InChI=1S/2C11H11ClN2.C11H11FN2.C10H10FN3.C9H9ClN4.2C9H9N3.C9H8N2O2S/c1-7-3-5-9(6-4-7)10-11(12)14-8(2)13-10;2*1-7-3-5-9(6-4-7)11-13-8(2)10(12)14-11;1-6-3-4-8(5-12-6)10-13-7(2)9(11)14-10;1-5-3-4-7(14-13-5)9-11-6(2)8(10)12-9;2*1-7-11-6-9(12-7)8-4-2-3-5-10-8;1-5-10-3-7(11-5)6-2-8(9(12)13)14-4-6/h3*3-6H,1-2H3,(H,13,14);3-5H,1-2H3,(H,13,14);3-4H,1-2H3,(H,11,12);2*2-6H,1H3,(H,11,12);2-4H,1H3,(H,10,11)(H,12,13). The molecule has 0 saturated heterocycles. The number of hydrogen-bond donors (Lipinski definition) is 9. The fourth-order valence-electron chi connectivity index (χ4n) is 9.51. The van der Waals surface area contributed by atoms with Crippen molar-refractivity contribution in [1.29, 1.82) is 0 Å². The van der Waals surface area contributed by atoms with E-state index in [9.17, 15) is 13.6 Å². The number of carboxylic acids is 1. The van der Waals surface area contributed by atoms with Crippen LogP contribution in [0.25, 0.3) is 91.0 Å². The van der Waals surface area contributed by atoms with Gasteiger partial charge in [0.05, 0.1) is 75.5 Å². The molecule has 3 aromatic carbocycles. The number of thiophene rings is 1. The number of imidazole rings is 8. The van der Waals surface area contributed by atoms with E-state index in [1.165, 1.54) is 28.0 Å². The van der Waals surface area contributed by atoms with Gasteiger partial charge in [0.1, 0.15) is 67.3 Å². The molecule has 0 fully saturated rings. The number of H-pyrrole nitrogens is 8. The number of nitrogens with zero attached hydrogens (tertiary/aromatic N) is 13. The van der Waals surface area contributed by atoms with Crippen molar-refractivity contribution < 1.29 is 18.7 Å². The smallest absolute Gasteiger partial charge is 0.345 e. The number of aromatic carboxylic acids is 1. The van der Waals surface area contributed by atoms with Crippen molar-refractivity contribution in [2.75, 3.05) is 0 Å². The topological polar surface area (TPSA) is 331 Å². The number of hydrogen-bond acceptors (Lipinski definition) is 15. The first kappa shape index (κ1) is 79.9. The summed E-state index contributed by atoms with van der Waals surface area (Å²) in [7, 11) is 0. The van der Waals surface area contributed by atoms with Crippen molar-refractivity contribution in [1.82, 2.24) is 105 Å². The van der Waals surface area contributed by atoms with Crippen LogP contribution in [0.2, 0.25) is 15.5 Å². The summed E-state index contributed by atoms with van der Waals surface area (Å²) in [5.74, 6) is 4.29. The van der Waals surface area contributed by atoms with Crippen LogP contribution in [0, 0.1) is 102 Å². The molecule has 16 aromatic rings. The zero-order valence-corrected chi connectivity index (χ0v) is 64.4. The first-order valence-corrected chi connectivity index (χ1v) is 35.5. The highest BCUT2D eigenvalue weighted by Gasteiger charge is 2.14. The summed E-state index contributed by atoms with van der Waals surface area (Å²) in [5.41, 5.74) is 19.0. The summed E-state index contributed by atoms with van der Waals surface area (Å²) in [6, 6.07) is 44.8. The van der Waals surface area contributed by atoms with Crippen LogP contribution < -0.4 is 0 Å². The van der Waals surface area contributed by atoms with Crippen LogP contribution in [0.4, 0.5) is 8.78 Å². The van der Waals surface area contributed by atoms with Gasteiger partial charge >= 0.3 is 5.97 Å². The highest BCUT2D eigenvalue weighted by molar-refractivity contribution is 7.12. The number of benzene rings is 3. The molecule has 16 rings (SSSR count). The molecule has 0 aliphatic heterocycles. The molecule has 0 amide bonds. The van der Waals surface area contributed by atoms with Gasteiger partial charge in [-0.25, -0.2) is 44.7 Å². The van der Waals surface area contributed by atoms with Gasteiger partial charge in [-0.15, -0.1) is 16.4 Å². The van der Waals surface area contributed by atoms with E-state index in [-0.39, 0.29) is 0 Å². The highest BCUT2D eigenvalue weighted by atomic mass is 35.5. The van der Waals surface area contributed by atoms with Gasteiger partial charge < -0.3 is 45.0 Å². The fraction of sp³-hybridized carbons (Fsp3) is 0.165. The number of carbonyl (C=O) groups is 1. The summed E-state index contributed by atoms with van der Waals surface area (Å²) >= 11 is 18.9. The molecule has 13 heterocycles. The van der Waals surface area contributed by atoms with E-state index in [4.69, 9.17) is 39.9 Å². The van der Waals surface area contributed by atoms with Crippen molar-refractivity contribution >= 4 is 52.1 Å². The second kappa shape index (κ2) is 38.2. The first-order chi connectivity index (χ1) is 51.7. The van der Waals surface area contributed by atoms with Crippen LogP contribution in [0.1, 0.15) is 83.8 Å². The molecule has 0 saturated carbocycles. The third kappa shape index (κ3) is 23.4. The lowest BCUT2D eigenvalue weighted by atomic mass is 10.1. The number of rotatable bonds is 9. The molecule has 29 heteroatoms. The van der Waals surface area contributed by atoms with Crippen LogP contribution in [0.5, 0.6) is 0 Å². The van der Waals surface area contributed by atoms with Crippen molar-refractivity contribution in [3.8, 4) is 91.0 Å². The third-order valence-corrected chi connectivity index (χ3v) is 17.3. The average Bonchev–Trinajstić information content (AvgIpc) is 1.73. The monoisotopic (exact) mass is 1530 g/mol. The molecule has 9 N–H and O–H groups in total. The number of carboxylic acid groups (broad SMARTS) is 1. The largest absolute Gasteiger partial charge is 0.477 e. The Balaban J connectivity index is 0.000000142. The Kier molecular flexibility index (Phi) is 28.2. The van der Waals surface area contributed by atoms with E-state index in [0.717, 1.165) is 114 Å². The Morgan fingerprint density at radius 3 is 1.18 bits per heavy atom. The minimum absolute atomic E-state index is 0.340. The second-order valence-corrected chi connectivity index (χ2v) is 26.4. The molecule has 13 aromatic heterocycles. The van der Waals surface area contributed by atoms with Gasteiger partial charge in [-0.05, 0) is 145 Å². The van der Waals surface area contributed by atoms with Crippen LogP contribution in [0.3, 0.4) is 0 Å². The number of halogens is 5. The van der Waals surface area contributed by atoms with Gasteiger partial charge in [0.2, 0.25) is 11.9 Å². The number of aromatic nitrogens is 21. The molecule has 552 valence electrons. The maximum absolute atomic E-state index is 13.0. The SMILES string of the molecule is Cc1ccc(-c2nc(C)[nH]c2Cl)cc1.Cc1ccc(-c2nc(Cl)c(C)[nH]2)cc1.Cc1ccc(-c2nc(Cl)c(C)[nH]2)nn1.Cc1ccc(-c2nc(F)c(C)[nH]2)cc1.Cc1ccc(-c2nc(F)c(C)[nH]2)cn1.Cc1ncc(-c2ccccn2)[nH]1.Cc1ncc(-c2ccccn2)[nH]1.Cc1ncc(-c2csc(C(=O)O)c2)[nH]1. The van der Waals surface area contributed by atoms with E-state index in [0.29, 0.717) is 54.9 Å². The molecule has 0 aliphatic carbocycles. The van der Waals surface area contributed by atoms with E-state index >= 15 is 0 Å². The van der Waals surface area contributed by atoms with Crippen molar-refractivity contribution in [3.63, 3.8) is 0 Å². The van der Waals surface area contributed by atoms with Gasteiger partial charge in [-0.2, -0.15) is 13.9 Å². The zero-order valence-electron chi connectivity index (χ0n) is 61.3. The molecular weight excluding hydrogens is 1450 g/mol. The average molecular weight is 1530 g/mol. The highest BCUT2D eigenvalue weighted by Crippen LogP contribution is 2.28. The van der Waals surface area contributed by atoms with E-state index in [1.54, 1.807) is 62.5 Å². The number of nitrogens with one attached hydrogen (secondary N) is 8. The van der Waals surface area contributed by atoms with Crippen LogP contribution >= 0.6 is 46.1 Å². The lowest BCUT2D eigenvalue weighted by Gasteiger charge is -1.97.